The Hall–Kier alpha value is -2.10. The number of hydrogen-bond acceptors (Lipinski definition) is 4. The van der Waals surface area contributed by atoms with Crippen LogP contribution in [0.3, 0.4) is 0 Å². The van der Waals surface area contributed by atoms with Gasteiger partial charge in [0.1, 0.15) is 11.6 Å². The molecule has 0 amide bonds. The first-order valence-electron chi connectivity index (χ1n) is 6.93. The number of rotatable bonds is 4. The van der Waals surface area contributed by atoms with E-state index in [1.54, 1.807) is 0 Å². The van der Waals surface area contributed by atoms with Crippen LogP contribution in [0.1, 0.15) is 49.8 Å². The second-order valence-corrected chi connectivity index (χ2v) is 5.44. The van der Waals surface area contributed by atoms with Crippen LogP contribution in [0, 0.1) is 6.92 Å². The molecule has 2 aromatic rings. The standard InChI is InChI=1S/C16H22N4/c1-10(2)16-18-11(3)9-15(20-16)19-12(4)13-5-7-14(17)8-6-13/h5-10,12H,17H2,1-4H3,(H,18,19,20). The van der Waals surface area contributed by atoms with Gasteiger partial charge in [-0.05, 0) is 31.5 Å². The molecule has 3 N–H and O–H groups in total. The van der Waals surface area contributed by atoms with E-state index < -0.39 is 0 Å². The van der Waals surface area contributed by atoms with Gasteiger partial charge in [-0.15, -0.1) is 0 Å². The predicted octanol–water partition coefficient (Wildman–Crippen LogP) is 3.66. The van der Waals surface area contributed by atoms with Gasteiger partial charge in [-0.1, -0.05) is 26.0 Å². The van der Waals surface area contributed by atoms with Crippen molar-refractivity contribution in [1.82, 2.24) is 9.97 Å². The Morgan fingerprint density at radius 2 is 1.70 bits per heavy atom. The zero-order chi connectivity index (χ0) is 14.7. The molecule has 106 valence electrons. The van der Waals surface area contributed by atoms with Gasteiger partial charge in [0.15, 0.2) is 0 Å². The largest absolute Gasteiger partial charge is 0.399 e. The fourth-order valence-corrected chi connectivity index (χ4v) is 2.01. The molecule has 20 heavy (non-hydrogen) atoms. The summed E-state index contributed by atoms with van der Waals surface area (Å²) in [5.41, 5.74) is 8.65. The molecule has 2 rings (SSSR count). The number of nitrogens with one attached hydrogen (secondary N) is 1. The van der Waals surface area contributed by atoms with Crippen molar-refractivity contribution in [2.45, 2.75) is 39.7 Å². The molecular weight excluding hydrogens is 248 g/mol. The molecule has 4 nitrogen and oxygen atoms in total. The predicted molar refractivity (Wildman–Crippen MR) is 83.8 cm³/mol. The molecule has 1 aromatic heterocycles. The number of hydrogen-bond donors (Lipinski definition) is 2. The van der Waals surface area contributed by atoms with Gasteiger partial charge >= 0.3 is 0 Å². The second kappa shape index (κ2) is 5.90. The third kappa shape index (κ3) is 3.47. The average Bonchev–Trinajstić information content (AvgIpc) is 2.38. The van der Waals surface area contributed by atoms with Crippen molar-refractivity contribution in [3.63, 3.8) is 0 Å². The molecule has 0 saturated heterocycles. The zero-order valence-electron chi connectivity index (χ0n) is 12.5. The quantitative estimate of drug-likeness (QED) is 0.832. The van der Waals surface area contributed by atoms with Crippen LogP contribution in [0.15, 0.2) is 30.3 Å². The fraction of sp³-hybridized carbons (Fsp3) is 0.375. The van der Waals surface area contributed by atoms with E-state index >= 15 is 0 Å². The van der Waals surface area contributed by atoms with Crippen LogP contribution in [0.2, 0.25) is 0 Å². The molecule has 0 radical (unpaired) electrons. The Morgan fingerprint density at radius 1 is 1.05 bits per heavy atom. The van der Waals surface area contributed by atoms with Crippen LogP contribution in [0.5, 0.6) is 0 Å². The lowest BCUT2D eigenvalue weighted by Crippen LogP contribution is -2.10. The summed E-state index contributed by atoms with van der Waals surface area (Å²) in [5.74, 6) is 2.06. The summed E-state index contributed by atoms with van der Waals surface area (Å²) in [6.45, 7) is 8.30. The summed E-state index contributed by atoms with van der Waals surface area (Å²) in [7, 11) is 0. The first-order chi connectivity index (χ1) is 9.45. The minimum atomic E-state index is 0.171. The molecule has 0 aliphatic heterocycles. The lowest BCUT2D eigenvalue weighted by atomic mass is 10.1. The van der Waals surface area contributed by atoms with Gasteiger partial charge in [0.2, 0.25) is 0 Å². The lowest BCUT2D eigenvalue weighted by molar-refractivity contribution is 0.761. The van der Waals surface area contributed by atoms with Crippen molar-refractivity contribution in [2.75, 3.05) is 11.1 Å². The van der Waals surface area contributed by atoms with Crippen LogP contribution in [0.4, 0.5) is 11.5 Å². The normalized spacial score (nSPS) is 12.4. The number of nitrogens with two attached hydrogens (primary N) is 1. The highest BCUT2D eigenvalue weighted by molar-refractivity contribution is 5.43. The van der Waals surface area contributed by atoms with Gasteiger partial charge in [-0.2, -0.15) is 0 Å². The minimum Gasteiger partial charge on any atom is -0.399 e. The monoisotopic (exact) mass is 270 g/mol. The van der Waals surface area contributed by atoms with E-state index in [9.17, 15) is 0 Å². The van der Waals surface area contributed by atoms with E-state index in [0.717, 1.165) is 23.0 Å². The van der Waals surface area contributed by atoms with Gasteiger partial charge in [0, 0.05) is 29.4 Å². The van der Waals surface area contributed by atoms with Gasteiger partial charge < -0.3 is 11.1 Å². The molecule has 0 spiro atoms. The highest BCUT2D eigenvalue weighted by Crippen LogP contribution is 2.20. The number of anilines is 2. The Morgan fingerprint density at radius 3 is 2.30 bits per heavy atom. The van der Waals surface area contributed by atoms with Crippen molar-refractivity contribution in [3.8, 4) is 0 Å². The molecule has 1 aromatic carbocycles. The SMILES string of the molecule is Cc1cc(NC(C)c2ccc(N)cc2)nc(C(C)C)n1. The first-order valence-corrected chi connectivity index (χ1v) is 6.93. The molecule has 1 atom stereocenters. The van der Waals surface area contributed by atoms with Crippen molar-refractivity contribution in [2.24, 2.45) is 0 Å². The topological polar surface area (TPSA) is 63.8 Å². The summed E-state index contributed by atoms with van der Waals surface area (Å²) in [5, 5.41) is 3.42. The van der Waals surface area contributed by atoms with E-state index in [0.29, 0.717) is 5.92 Å². The Labute approximate surface area is 120 Å². The maximum Gasteiger partial charge on any atom is 0.133 e. The van der Waals surface area contributed by atoms with Crippen LogP contribution < -0.4 is 11.1 Å². The fourth-order valence-electron chi connectivity index (χ4n) is 2.01. The summed E-state index contributed by atoms with van der Waals surface area (Å²) in [4.78, 5) is 9.03. The molecule has 0 bridgehead atoms. The molecule has 0 fully saturated rings. The molecule has 0 aliphatic carbocycles. The number of benzene rings is 1. The van der Waals surface area contributed by atoms with E-state index in [1.165, 1.54) is 5.56 Å². The summed E-state index contributed by atoms with van der Waals surface area (Å²) >= 11 is 0. The molecule has 0 aliphatic rings. The summed E-state index contributed by atoms with van der Waals surface area (Å²) in [6, 6.07) is 10.0. The summed E-state index contributed by atoms with van der Waals surface area (Å²) in [6.07, 6.45) is 0. The zero-order valence-corrected chi connectivity index (χ0v) is 12.5. The first kappa shape index (κ1) is 14.3. The van der Waals surface area contributed by atoms with E-state index in [1.807, 2.05) is 37.3 Å². The third-order valence-electron chi connectivity index (χ3n) is 3.19. The molecular formula is C16H22N4. The number of nitrogen functional groups attached to an aromatic ring is 1. The van der Waals surface area contributed by atoms with Crippen molar-refractivity contribution < 1.29 is 0 Å². The average molecular weight is 270 g/mol. The molecule has 0 saturated carbocycles. The number of aryl methyl sites for hydroxylation is 1. The van der Waals surface area contributed by atoms with Gasteiger partial charge in [-0.3, -0.25) is 0 Å². The highest BCUT2D eigenvalue weighted by Gasteiger charge is 2.09. The van der Waals surface area contributed by atoms with Crippen molar-refractivity contribution in [3.05, 3.63) is 47.4 Å². The molecule has 1 unspecified atom stereocenters. The highest BCUT2D eigenvalue weighted by atomic mass is 15.0. The smallest absolute Gasteiger partial charge is 0.133 e. The number of aromatic nitrogens is 2. The second-order valence-electron chi connectivity index (χ2n) is 5.44. The Bertz CT molecular complexity index is 576. The molecule has 1 heterocycles. The van der Waals surface area contributed by atoms with Crippen LogP contribution in [-0.2, 0) is 0 Å². The molecule has 4 heteroatoms. The number of nitrogens with zero attached hydrogens (tertiary/aromatic N) is 2. The van der Waals surface area contributed by atoms with Gasteiger partial charge in [0.05, 0.1) is 0 Å². The minimum absolute atomic E-state index is 0.171. The van der Waals surface area contributed by atoms with Crippen LogP contribution >= 0.6 is 0 Å². The maximum absolute atomic E-state index is 5.71. The van der Waals surface area contributed by atoms with Crippen molar-refractivity contribution in [1.29, 1.82) is 0 Å². The third-order valence-corrected chi connectivity index (χ3v) is 3.19. The lowest BCUT2D eigenvalue weighted by Gasteiger charge is -2.16. The Balaban J connectivity index is 2.18. The van der Waals surface area contributed by atoms with Gasteiger partial charge in [0.25, 0.3) is 0 Å². The van der Waals surface area contributed by atoms with E-state index in [2.05, 4.69) is 36.1 Å². The van der Waals surface area contributed by atoms with Crippen molar-refractivity contribution >= 4 is 11.5 Å². The van der Waals surface area contributed by atoms with E-state index in [-0.39, 0.29) is 6.04 Å². The van der Waals surface area contributed by atoms with Crippen LogP contribution in [0.25, 0.3) is 0 Å². The summed E-state index contributed by atoms with van der Waals surface area (Å²) < 4.78 is 0. The van der Waals surface area contributed by atoms with Crippen LogP contribution in [-0.4, -0.2) is 9.97 Å². The Kier molecular flexibility index (Phi) is 4.23. The maximum atomic E-state index is 5.71. The van der Waals surface area contributed by atoms with E-state index in [4.69, 9.17) is 5.73 Å². The van der Waals surface area contributed by atoms with Gasteiger partial charge in [-0.25, -0.2) is 9.97 Å².